The summed E-state index contributed by atoms with van der Waals surface area (Å²) in [6, 6.07) is 0.347. The van der Waals surface area contributed by atoms with Gasteiger partial charge in [0, 0.05) is 6.04 Å². The second-order valence-corrected chi connectivity index (χ2v) is 4.26. The molecule has 15 heavy (non-hydrogen) atoms. The van der Waals surface area contributed by atoms with Gasteiger partial charge in [0.05, 0.1) is 6.20 Å². The van der Waals surface area contributed by atoms with Crippen molar-refractivity contribution in [2.75, 3.05) is 26.0 Å². The lowest BCUT2D eigenvalue weighted by atomic mass is 10.2. The lowest BCUT2D eigenvalue weighted by Crippen LogP contribution is -2.23. The van der Waals surface area contributed by atoms with Crippen LogP contribution in [0.3, 0.4) is 0 Å². The van der Waals surface area contributed by atoms with E-state index in [4.69, 9.17) is 11.6 Å². The Hall–Kier alpha value is -0.870. The summed E-state index contributed by atoms with van der Waals surface area (Å²) in [6.07, 6.45) is 4.13. The van der Waals surface area contributed by atoms with E-state index in [1.54, 1.807) is 6.20 Å². The van der Waals surface area contributed by atoms with Gasteiger partial charge >= 0.3 is 0 Å². The van der Waals surface area contributed by atoms with Crippen molar-refractivity contribution >= 4 is 17.4 Å². The van der Waals surface area contributed by atoms with Gasteiger partial charge in [0.25, 0.3) is 0 Å². The second kappa shape index (κ2) is 5.88. The van der Waals surface area contributed by atoms with Crippen LogP contribution in [-0.4, -0.2) is 41.5 Å². The highest BCUT2D eigenvalue weighted by Gasteiger charge is 2.06. The summed E-state index contributed by atoms with van der Waals surface area (Å²) in [5.74, 6) is 0.706. The Bertz CT molecular complexity index is 303. The van der Waals surface area contributed by atoms with E-state index in [2.05, 4.69) is 41.2 Å². The highest BCUT2D eigenvalue weighted by atomic mass is 35.5. The van der Waals surface area contributed by atoms with Gasteiger partial charge < -0.3 is 10.2 Å². The fraction of sp³-hybridized carbons (Fsp3) is 0.600. The van der Waals surface area contributed by atoms with Crippen LogP contribution in [-0.2, 0) is 0 Å². The zero-order valence-corrected chi connectivity index (χ0v) is 10.1. The van der Waals surface area contributed by atoms with E-state index in [1.165, 1.54) is 6.33 Å². The zero-order valence-electron chi connectivity index (χ0n) is 9.37. The van der Waals surface area contributed by atoms with Gasteiger partial charge in [-0.15, -0.1) is 0 Å². The largest absolute Gasteiger partial charge is 0.366 e. The highest BCUT2D eigenvalue weighted by molar-refractivity contribution is 6.32. The van der Waals surface area contributed by atoms with Crippen LogP contribution in [0.25, 0.3) is 0 Å². The van der Waals surface area contributed by atoms with Crippen molar-refractivity contribution in [2.45, 2.75) is 19.4 Å². The Balaban J connectivity index is 2.44. The monoisotopic (exact) mass is 228 g/mol. The molecule has 0 amide bonds. The van der Waals surface area contributed by atoms with Crippen LogP contribution in [0.5, 0.6) is 0 Å². The molecule has 84 valence electrons. The summed E-state index contributed by atoms with van der Waals surface area (Å²) in [4.78, 5) is 10.1. The summed E-state index contributed by atoms with van der Waals surface area (Å²) in [5, 5.41) is 3.82. The highest BCUT2D eigenvalue weighted by Crippen LogP contribution is 2.17. The molecule has 0 spiro atoms. The quantitative estimate of drug-likeness (QED) is 0.836. The third-order valence-corrected chi connectivity index (χ3v) is 2.34. The van der Waals surface area contributed by atoms with Crippen molar-refractivity contribution in [1.29, 1.82) is 0 Å². The average Bonchev–Trinajstić information content (AvgIpc) is 2.18. The molecule has 1 aromatic heterocycles. The van der Waals surface area contributed by atoms with Crippen molar-refractivity contribution in [3.8, 4) is 0 Å². The maximum Gasteiger partial charge on any atom is 0.148 e. The number of rotatable bonds is 5. The number of hydrogen-bond acceptors (Lipinski definition) is 4. The molecule has 0 bridgehead atoms. The van der Waals surface area contributed by atoms with Crippen LogP contribution in [0.2, 0.25) is 5.02 Å². The molecule has 0 saturated heterocycles. The van der Waals surface area contributed by atoms with Crippen LogP contribution in [0.1, 0.15) is 13.3 Å². The molecule has 1 unspecified atom stereocenters. The molecular weight excluding hydrogens is 212 g/mol. The van der Waals surface area contributed by atoms with Crippen molar-refractivity contribution in [1.82, 2.24) is 14.9 Å². The number of halogens is 1. The molecule has 1 rings (SSSR count). The minimum absolute atomic E-state index is 0.347. The second-order valence-electron chi connectivity index (χ2n) is 3.86. The molecule has 0 saturated carbocycles. The standard InChI is InChI=1S/C10H17ClN4/c1-8(4-5-15(2)3)14-10-9(11)6-12-7-13-10/h6-8H,4-5H2,1-3H3,(H,12,13,14). The summed E-state index contributed by atoms with van der Waals surface area (Å²) < 4.78 is 0. The Morgan fingerprint density at radius 3 is 2.87 bits per heavy atom. The Morgan fingerprint density at radius 1 is 1.53 bits per heavy atom. The summed E-state index contributed by atoms with van der Waals surface area (Å²) in [5.41, 5.74) is 0. The van der Waals surface area contributed by atoms with E-state index >= 15 is 0 Å². The Kier molecular flexibility index (Phi) is 4.78. The zero-order chi connectivity index (χ0) is 11.3. The molecule has 0 aliphatic carbocycles. The van der Waals surface area contributed by atoms with Gasteiger partial charge in [-0.05, 0) is 34.0 Å². The van der Waals surface area contributed by atoms with E-state index in [1.807, 2.05) is 0 Å². The van der Waals surface area contributed by atoms with Gasteiger partial charge in [0.15, 0.2) is 0 Å². The molecule has 0 radical (unpaired) electrons. The summed E-state index contributed by atoms with van der Waals surface area (Å²) >= 11 is 5.93. The number of anilines is 1. The van der Waals surface area contributed by atoms with E-state index in [0.29, 0.717) is 16.9 Å². The first-order chi connectivity index (χ1) is 7.09. The van der Waals surface area contributed by atoms with E-state index in [-0.39, 0.29) is 0 Å². The molecule has 1 N–H and O–H groups in total. The van der Waals surface area contributed by atoms with Gasteiger partial charge in [-0.3, -0.25) is 0 Å². The molecule has 1 aromatic rings. The maximum absolute atomic E-state index is 5.93. The third kappa shape index (κ3) is 4.44. The van der Waals surface area contributed by atoms with Crippen molar-refractivity contribution in [3.63, 3.8) is 0 Å². The molecule has 0 aliphatic heterocycles. The van der Waals surface area contributed by atoms with Crippen LogP contribution in [0.15, 0.2) is 12.5 Å². The molecule has 0 aromatic carbocycles. The maximum atomic E-state index is 5.93. The topological polar surface area (TPSA) is 41.0 Å². The fourth-order valence-electron chi connectivity index (χ4n) is 1.18. The molecule has 0 fully saturated rings. The van der Waals surface area contributed by atoms with Crippen LogP contribution in [0.4, 0.5) is 5.82 Å². The van der Waals surface area contributed by atoms with E-state index in [9.17, 15) is 0 Å². The SMILES string of the molecule is CC(CCN(C)C)Nc1ncncc1Cl. The van der Waals surface area contributed by atoms with Gasteiger partial charge in [-0.2, -0.15) is 0 Å². The molecule has 0 aliphatic rings. The lowest BCUT2D eigenvalue weighted by molar-refractivity contribution is 0.390. The van der Waals surface area contributed by atoms with Crippen molar-refractivity contribution in [2.24, 2.45) is 0 Å². The van der Waals surface area contributed by atoms with E-state index in [0.717, 1.165) is 13.0 Å². The number of nitrogens with zero attached hydrogens (tertiary/aromatic N) is 3. The van der Waals surface area contributed by atoms with Crippen LogP contribution >= 0.6 is 11.6 Å². The molecule has 1 heterocycles. The molecule has 4 nitrogen and oxygen atoms in total. The Morgan fingerprint density at radius 2 is 2.27 bits per heavy atom. The summed E-state index contributed by atoms with van der Waals surface area (Å²) in [7, 11) is 4.12. The average molecular weight is 229 g/mol. The van der Waals surface area contributed by atoms with Crippen LogP contribution < -0.4 is 5.32 Å². The lowest BCUT2D eigenvalue weighted by Gasteiger charge is -2.17. The van der Waals surface area contributed by atoms with Crippen molar-refractivity contribution in [3.05, 3.63) is 17.5 Å². The minimum Gasteiger partial charge on any atom is -0.366 e. The first-order valence-corrected chi connectivity index (χ1v) is 5.34. The number of nitrogens with one attached hydrogen (secondary N) is 1. The first-order valence-electron chi connectivity index (χ1n) is 4.96. The predicted octanol–water partition coefficient (Wildman–Crippen LogP) is 1.88. The third-order valence-electron chi connectivity index (χ3n) is 2.06. The van der Waals surface area contributed by atoms with Gasteiger partial charge in [0.2, 0.25) is 0 Å². The van der Waals surface area contributed by atoms with Gasteiger partial charge in [0.1, 0.15) is 17.2 Å². The smallest absolute Gasteiger partial charge is 0.148 e. The molecular formula is C10H17ClN4. The summed E-state index contributed by atoms with van der Waals surface area (Å²) in [6.45, 7) is 3.15. The van der Waals surface area contributed by atoms with E-state index < -0.39 is 0 Å². The number of hydrogen-bond donors (Lipinski definition) is 1. The molecule has 1 atom stereocenters. The van der Waals surface area contributed by atoms with Gasteiger partial charge in [-0.25, -0.2) is 9.97 Å². The van der Waals surface area contributed by atoms with Crippen molar-refractivity contribution < 1.29 is 0 Å². The van der Waals surface area contributed by atoms with Gasteiger partial charge in [-0.1, -0.05) is 11.6 Å². The first kappa shape index (κ1) is 12.2. The molecule has 5 heteroatoms. The fourth-order valence-corrected chi connectivity index (χ4v) is 1.34. The normalized spacial score (nSPS) is 12.9. The number of aromatic nitrogens is 2. The van der Waals surface area contributed by atoms with Crippen LogP contribution in [0, 0.1) is 0 Å². The minimum atomic E-state index is 0.347. The Labute approximate surface area is 95.7 Å². The predicted molar refractivity (Wildman–Crippen MR) is 63.3 cm³/mol.